The number of rotatable bonds is 12. The number of amides is 3. The number of benzene rings is 5. The maximum absolute atomic E-state index is 14.0. The Morgan fingerprint density at radius 1 is 0.778 bits per heavy atom. The zero-order valence-electron chi connectivity index (χ0n) is 30.0. The molecule has 54 heavy (non-hydrogen) atoms. The van der Waals surface area contributed by atoms with Crippen LogP contribution in [0.15, 0.2) is 149 Å². The number of thioether (sulfide) groups is 1. The predicted molar refractivity (Wildman–Crippen MR) is 220 cm³/mol. The number of hydrogen-bond donors (Lipinski definition) is 3. The molecule has 1 unspecified atom stereocenters. The van der Waals surface area contributed by atoms with Gasteiger partial charge in [-0.3, -0.25) is 14.4 Å². The fraction of sp³-hybridized carbons (Fsp3) is 0.111. The maximum atomic E-state index is 14.0. The zero-order chi connectivity index (χ0) is 38.0. The molecular weight excluding hydrogens is 709 g/mol. The van der Waals surface area contributed by atoms with Crippen molar-refractivity contribution in [3.8, 4) is 17.2 Å². The van der Waals surface area contributed by atoms with Gasteiger partial charge in [0.05, 0.1) is 5.56 Å². The van der Waals surface area contributed by atoms with Crippen LogP contribution >= 0.6 is 23.1 Å². The van der Waals surface area contributed by atoms with Gasteiger partial charge in [0.25, 0.3) is 11.8 Å². The normalized spacial score (nSPS) is 11.7. The summed E-state index contributed by atoms with van der Waals surface area (Å²) < 4.78 is 0. The first-order valence-corrected chi connectivity index (χ1v) is 19.1. The van der Waals surface area contributed by atoms with Gasteiger partial charge >= 0.3 is 0 Å². The zero-order valence-corrected chi connectivity index (χ0v) is 31.6. The molecule has 9 heteroatoms. The van der Waals surface area contributed by atoms with Crippen molar-refractivity contribution in [2.75, 3.05) is 10.6 Å². The molecule has 0 aliphatic heterocycles. The molecule has 3 amide bonds. The second-order valence-electron chi connectivity index (χ2n) is 12.9. The predicted octanol–water partition coefficient (Wildman–Crippen LogP) is 10.6. The van der Waals surface area contributed by atoms with Crippen molar-refractivity contribution in [1.29, 1.82) is 5.26 Å². The minimum atomic E-state index is -0.678. The average molecular weight is 747 g/mol. The minimum Gasteiger partial charge on any atom is -0.321 e. The first-order valence-electron chi connectivity index (χ1n) is 17.4. The first-order chi connectivity index (χ1) is 26.2. The topological polar surface area (TPSA) is 111 Å². The molecule has 1 heterocycles. The highest BCUT2D eigenvalue weighted by Crippen LogP contribution is 2.40. The van der Waals surface area contributed by atoms with Gasteiger partial charge in [0.1, 0.15) is 22.0 Å². The van der Waals surface area contributed by atoms with Crippen LogP contribution in [0.1, 0.15) is 63.2 Å². The lowest BCUT2D eigenvalue weighted by Crippen LogP contribution is -2.30. The molecule has 6 aromatic rings. The Labute approximate surface area is 323 Å². The molecule has 0 bridgehead atoms. The van der Waals surface area contributed by atoms with Crippen molar-refractivity contribution in [3.63, 3.8) is 0 Å². The number of anilines is 2. The van der Waals surface area contributed by atoms with E-state index < -0.39 is 17.1 Å². The third-order valence-corrected chi connectivity index (χ3v) is 10.8. The van der Waals surface area contributed by atoms with Crippen LogP contribution in [0.25, 0.3) is 17.2 Å². The van der Waals surface area contributed by atoms with Crippen LogP contribution in [0.5, 0.6) is 0 Å². The molecule has 0 aliphatic carbocycles. The Balaban J connectivity index is 1.24. The number of nitrogens with one attached hydrogen (secondary N) is 3. The summed E-state index contributed by atoms with van der Waals surface area (Å²) in [5, 5.41) is 20.6. The summed E-state index contributed by atoms with van der Waals surface area (Å²) in [6.07, 6.45) is 1.65. The molecule has 1 aromatic heterocycles. The molecule has 0 saturated heterocycles. The van der Waals surface area contributed by atoms with Crippen LogP contribution in [0, 0.1) is 18.3 Å². The quantitative estimate of drug-likeness (QED) is 0.0853. The standard InChI is InChI=1S/C45H38N4O3S2/c1-29(2)32-23-19-31(20-24-32)25-40(48-42(50)35-13-8-5-9-14-35)43(51)47-36-15-10-16-37(26-36)54-41(34-11-6-4-7-12-34)44(52)49-45-38(27-46)39(28-53-45)33-21-17-30(3)18-22-33/h4-26,28-29,41H,1-3H3,(H,47,51)(H,48,50)(H,49,52)/b40-25+. The molecule has 0 aliphatic rings. The maximum Gasteiger partial charge on any atom is 0.272 e. The van der Waals surface area contributed by atoms with E-state index in [0.717, 1.165) is 38.3 Å². The SMILES string of the molecule is Cc1ccc(-c2csc(NC(=O)C(Sc3cccc(NC(=O)/C(=C\c4ccc(C(C)C)cc4)NC(=O)c4ccccc4)c3)c3ccccc3)c2C#N)cc1. The van der Waals surface area contributed by atoms with Crippen LogP contribution in [0.2, 0.25) is 0 Å². The molecule has 1 atom stereocenters. The van der Waals surface area contributed by atoms with Gasteiger partial charge in [-0.25, -0.2) is 0 Å². The lowest BCUT2D eigenvalue weighted by Gasteiger charge is -2.18. The monoisotopic (exact) mass is 746 g/mol. The van der Waals surface area contributed by atoms with Crippen molar-refractivity contribution < 1.29 is 14.4 Å². The van der Waals surface area contributed by atoms with Gasteiger partial charge in [-0.15, -0.1) is 23.1 Å². The van der Waals surface area contributed by atoms with Gasteiger partial charge in [0, 0.05) is 27.1 Å². The smallest absolute Gasteiger partial charge is 0.272 e. The summed E-state index contributed by atoms with van der Waals surface area (Å²) >= 11 is 2.64. The Morgan fingerprint density at radius 3 is 2.13 bits per heavy atom. The van der Waals surface area contributed by atoms with Gasteiger partial charge in [0.15, 0.2) is 0 Å². The van der Waals surface area contributed by atoms with Crippen LogP contribution in [0.4, 0.5) is 10.7 Å². The average Bonchev–Trinajstić information content (AvgIpc) is 3.60. The van der Waals surface area contributed by atoms with Crippen LogP contribution in [-0.2, 0) is 9.59 Å². The molecule has 0 radical (unpaired) electrons. The molecule has 268 valence electrons. The van der Waals surface area contributed by atoms with E-state index in [-0.39, 0.29) is 11.6 Å². The minimum absolute atomic E-state index is 0.0787. The number of hydrogen-bond acceptors (Lipinski definition) is 6. The van der Waals surface area contributed by atoms with Crippen LogP contribution in [-0.4, -0.2) is 17.7 Å². The van der Waals surface area contributed by atoms with Gasteiger partial charge in [-0.2, -0.15) is 5.26 Å². The number of carbonyl (C=O) groups excluding carboxylic acids is 3. The molecule has 0 fully saturated rings. The highest BCUT2D eigenvalue weighted by molar-refractivity contribution is 8.00. The number of carbonyl (C=O) groups is 3. The molecule has 0 saturated carbocycles. The van der Waals surface area contributed by atoms with Crippen molar-refractivity contribution in [2.45, 2.75) is 36.8 Å². The van der Waals surface area contributed by atoms with Crippen LogP contribution < -0.4 is 16.0 Å². The lowest BCUT2D eigenvalue weighted by atomic mass is 10.0. The number of nitriles is 1. The Hall–Kier alpha value is -6.21. The second-order valence-corrected chi connectivity index (χ2v) is 15.0. The Bertz CT molecular complexity index is 2330. The summed E-state index contributed by atoms with van der Waals surface area (Å²) in [5.41, 5.74) is 6.89. The molecular formula is C45H38N4O3S2. The van der Waals surface area contributed by atoms with E-state index >= 15 is 0 Å². The third kappa shape index (κ3) is 9.41. The number of thiophene rings is 1. The first kappa shape index (κ1) is 37.5. The Morgan fingerprint density at radius 2 is 1.46 bits per heavy atom. The van der Waals surface area contributed by atoms with Crippen molar-refractivity contribution in [2.24, 2.45) is 0 Å². The summed E-state index contributed by atoms with van der Waals surface area (Å²) in [4.78, 5) is 41.8. The lowest BCUT2D eigenvalue weighted by molar-refractivity contribution is -0.116. The third-order valence-electron chi connectivity index (χ3n) is 8.63. The van der Waals surface area contributed by atoms with Crippen molar-refractivity contribution in [1.82, 2.24) is 5.32 Å². The van der Waals surface area contributed by atoms with E-state index in [1.807, 2.05) is 103 Å². The summed E-state index contributed by atoms with van der Waals surface area (Å²) in [5.74, 6) is -0.846. The van der Waals surface area contributed by atoms with Crippen molar-refractivity contribution in [3.05, 3.63) is 178 Å². The second kappa shape index (κ2) is 17.5. The summed E-state index contributed by atoms with van der Waals surface area (Å²) in [6.45, 7) is 6.23. The van der Waals surface area contributed by atoms with E-state index in [9.17, 15) is 19.6 Å². The fourth-order valence-electron chi connectivity index (χ4n) is 5.65. The summed E-state index contributed by atoms with van der Waals surface area (Å²) in [7, 11) is 0. The van der Waals surface area contributed by atoms with Crippen LogP contribution in [0.3, 0.4) is 0 Å². The Kier molecular flexibility index (Phi) is 12.2. The van der Waals surface area contributed by atoms with Gasteiger partial charge < -0.3 is 16.0 Å². The highest BCUT2D eigenvalue weighted by atomic mass is 32.2. The number of aryl methyl sites for hydroxylation is 1. The van der Waals surface area contributed by atoms with E-state index in [4.69, 9.17) is 0 Å². The van der Waals surface area contributed by atoms with E-state index in [1.54, 1.807) is 48.5 Å². The van der Waals surface area contributed by atoms with E-state index in [1.165, 1.54) is 23.1 Å². The van der Waals surface area contributed by atoms with Gasteiger partial charge in [0.2, 0.25) is 5.91 Å². The van der Waals surface area contributed by atoms with Gasteiger partial charge in [-0.05, 0) is 71.5 Å². The van der Waals surface area contributed by atoms with E-state index in [2.05, 4.69) is 35.9 Å². The van der Waals surface area contributed by atoms with Crippen molar-refractivity contribution >= 4 is 57.6 Å². The molecule has 0 spiro atoms. The molecule has 3 N–H and O–H groups in total. The molecule has 7 nitrogen and oxygen atoms in total. The highest BCUT2D eigenvalue weighted by Gasteiger charge is 2.25. The van der Waals surface area contributed by atoms with E-state index in [0.29, 0.717) is 27.7 Å². The van der Waals surface area contributed by atoms with Gasteiger partial charge in [-0.1, -0.05) is 123 Å². The number of nitrogens with zero attached hydrogens (tertiary/aromatic N) is 1. The fourth-order valence-corrected chi connectivity index (χ4v) is 7.66. The molecule has 5 aromatic carbocycles. The summed E-state index contributed by atoms with van der Waals surface area (Å²) in [6, 6.07) is 43.4. The largest absolute Gasteiger partial charge is 0.321 e. The molecule has 6 rings (SSSR count).